The van der Waals surface area contributed by atoms with E-state index in [9.17, 15) is 4.79 Å². The minimum atomic E-state index is -0.246. The fourth-order valence-corrected chi connectivity index (χ4v) is 2.07. The second kappa shape index (κ2) is 5.05. The van der Waals surface area contributed by atoms with Crippen molar-refractivity contribution in [3.63, 3.8) is 0 Å². The molecule has 94 valence electrons. The summed E-state index contributed by atoms with van der Waals surface area (Å²) in [4.78, 5) is 16.0. The van der Waals surface area contributed by atoms with Crippen LogP contribution in [-0.2, 0) is 0 Å². The summed E-state index contributed by atoms with van der Waals surface area (Å²) in [5.41, 5.74) is 7.26. The van der Waals surface area contributed by atoms with E-state index in [1.54, 1.807) is 30.7 Å². The molecular weight excluding hydrogens is 250 g/mol. The van der Waals surface area contributed by atoms with E-state index in [2.05, 4.69) is 10.3 Å². The number of benzene rings is 1. The molecule has 0 unspecified atom stereocenters. The molecule has 0 saturated carbocycles. The van der Waals surface area contributed by atoms with E-state index in [4.69, 9.17) is 10.5 Å². The summed E-state index contributed by atoms with van der Waals surface area (Å²) in [6.07, 6.45) is 0. The number of amides is 1. The number of carbonyl (C=O) groups excluding carboxylic acids is 1. The Morgan fingerprint density at radius 3 is 2.83 bits per heavy atom. The van der Waals surface area contributed by atoms with Crippen molar-refractivity contribution in [2.24, 2.45) is 0 Å². The van der Waals surface area contributed by atoms with Gasteiger partial charge in [-0.2, -0.15) is 0 Å². The van der Waals surface area contributed by atoms with Crippen molar-refractivity contribution < 1.29 is 9.53 Å². The minimum absolute atomic E-state index is 0.246. The number of aryl methyl sites for hydroxylation is 1. The molecule has 1 aromatic heterocycles. The highest BCUT2D eigenvalue weighted by molar-refractivity contribution is 7.09. The number of methoxy groups -OCH3 is 1. The van der Waals surface area contributed by atoms with Gasteiger partial charge in [-0.1, -0.05) is 0 Å². The molecule has 3 N–H and O–H groups in total. The fraction of sp³-hybridized carbons (Fsp3) is 0.167. The van der Waals surface area contributed by atoms with Crippen molar-refractivity contribution in [2.45, 2.75) is 6.92 Å². The zero-order valence-corrected chi connectivity index (χ0v) is 10.9. The van der Waals surface area contributed by atoms with Crippen LogP contribution < -0.4 is 15.8 Å². The maximum Gasteiger partial charge on any atom is 0.275 e. The molecule has 1 amide bonds. The number of nitrogens with two attached hydrogens (primary N) is 1. The van der Waals surface area contributed by atoms with Crippen molar-refractivity contribution in [1.29, 1.82) is 0 Å². The number of nitrogen functional groups attached to an aromatic ring is 1. The average molecular weight is 263 g/mol. The van der Waals surface area contributed by atoms with Crippen molar-refractivity contribution in [3.8, 4) is 5.75 Å². The zero-order chi connectivity index (χ0) is 13.1. The quantitative estimate of drug-likeness (QED) is 0.833. The van der Waals surface area contributed by atoms with E-state index >= 15 is 0 Å². The summed E-state index contributed by atoms with van der Waals surface area (Å²) in [6.45, 7) is 1.85. The van der Waals surface area contributed by atoms with Crippen LogP contribution in [-0.4, -0.2) is 18.0 Å². The van der Waals surface area contributed by atoms with Gasteiger partial charge in [0.25, 0.3) is 5.91 Å². The second-order valence-corrected chi connectivity index (χ2v) is 4.72. The Balaban J connectivity index is 2.14. The lowest BCUT2D eigenvalue weighted by atomic mass is 10.2. The Bertz CT molecular complexity index is 580. The van der Waals surface area contributed by atoms with Crippen LogP contribution in [0.3, 0.4) is 0 Å². The van der Waals surface area contributed by atoms with Gasteiger partial charge in [0.2, 0.25) is 0 Å². The van der Waals surface area contributed by atoms with Crippen LogP contribution in [0, 0.1) is 6.92 Å². The number of anilines is 2. The molecule has 2 aromatic rings. The standard InChI is InChI=1S/C12H13N3O2S/c1-7-14-10(6-18-7)12(16)15-8-3-4-11(17-2)9(13)5-8/h3-6H,13H2,1-2H3,(H,15,16). The molecule has 6 heteroatoms. The van der Waals surface area contributed by atoms with Crippen LogP contribution in [0.15, 0.2) is 23.6 Å². The number of nitrogens with one attached hydrogen (secondary N) is 1. The number of hydrogen-bond donors (Lipinski definition) is 2. The molecule has 0 fully saturated rings. The molecule has 0 radical (unpaired) electrons. The zero-order valence-electron chi connectivity index (χ0n) is 10.1. The smallest absolute Gasteiger partial charge is 0.275 e. The Hall–Kier alpha value is -2.08. The predicted molar refractivity (Wildman–Crippen MR) is 72.2 cm³/mol. The molecule has 1 heterocycles. The summed E-state index contributed by atoms with van der Waals surface area (Å²) in [5.74, 6) is 0.335. The lowest BCUT2D eigenvalue weighted by Crippen LogP contribution is -2.12. The largest absolute Gasteiger partial charge is 0.495 e. The van der Waals surface area contributed by atoms with Gasteiger partial charge in [0, 0.05) is 11.1 Å². The molecule has 0 aliphatic heterocycles. The number of rotatable bonds is 3. The molecule has 5 nitrogen and oxygen atoms in total. The maximum atomic E-state index is 11.9. The monoisotopic (exact) mass is 263 g/mol. The second-order valence-electron chi connectivity index (χ2n) is 3.66. The summed E-state index contributed by atoms with van der Waals surface area (Å²) >= 11 is 1.44. The predicted octanol–water partition coefficient (Wildman–Crippen LogP) is 2.29. The average Bonchev–Trinajstić information content (AvgIpc) is 2.76. The summed E-state index contributed by atoms with van der Waals surface area (Å²) in [6, 6.07) is 5.08. The van der Waals surface area contributed by atoms with E-state index in [0.717, 1.165) is 5.01 Å². The van der Waals surface area contributed by atoms with Gasteiger partial charge in [0.1, 0.15) is 11.4 Å². The van der Waals surface area contributed by atoms with Gasteiger partial charge in [0.15, 0.2) is 0 Å². The lowest BCUT2D eigenvalue weighted by Gasteiger charge is -2.07. The molecule has 0 aliphatic rings. The Kier molecular flexibility index (Phi) is 3.47. The van der Waals surface area contributed by atoms with E-state index in [-0.39, 0.29) is 5.91 Å². The first-order valence-corrected chi connectivity index (χ1v) is 6.15. The molecule has 0 saturated heterocycles. The highest BCUT2D eigenvalue weighted by Gasteiger charge is 2.10. The van der Waals surface area contributed by atoms with E-state index in [0.29, 0.717) is 22.8 Å². The van der Waals surface area contributed by atoms with Crippen LogP contribution in [0.25, 0.3) is 0 Å². The van der Waals surface area contributed by atoms with Crippen LogP contribution >= 0.6 is 11.3 Å². The fourth-order valence-electron chi connectivity index (χ4n) is 1.47. The normalized spacial score (nSPS) is 10.1. The number of hydrogen-bond acceptors (Lipinski definition) is 5. The topological polar surface area (TPSA) is 77.2 Å². The third-order valence-electron chi connectivity index (χ3n) is 2.34. The third-order valence-corrected chi connectivity index (χ3v) is 3.11. The lowest BCUT2D eigenvalue weighted by molar-refractivity contribution is 0.102. The number of ether oxygens (including phenoxy) is 1. The molecule has 0 aliphatic carbocycles. The van der Waals surface area contributed by atoms with Gasteiger partial charge in [-0.15, -0.1) is 11.3 Å². The number of aromatic nitrogens is 1. The van der Waals surface area contributed by atoms with Crippen LogP contribution in [0.5, 0.6) is 5.75 Å². The van der Waals surface area contributed by atoms with Crippen molar-refractivity contribution in [1.82, 2.24) is 4.98 Å². The first-order valence-electron chi connectivity index (χ1n) is 5.27. The number of thiazole rings is 1. The van der Waals surface area contributed by atoms with Crippen molar-refractivity contribution >= 4 is 28.6 Å². The maximum absolute atomic E-state index is 11.9. The van der Waals surface area contributed by atoms with E-state index in [1.165, 1.54) is 11.3 Å². The minimum Gasteiger partial charge on any atom is -0.495 e. The molecule has 18 heavy (non-hydrogen) atoms. The van der Waals surface area contributed by atoms with Gasteiger partial charge >= 0.3 is 0 Å². The van der Waals surface area contributed by atoms with E-state index in [1.807, 2.05) is 6.92 Å². The van der Waals surface area contributed by atoms with Gasteiger partial charge in [0.05, 0.1) is 17.8 Å². The van der Waals surface area contributed by atoms with Crippen molar-refractivity contribution in [3.05, 3.63) is 34.3 Å². The van der Waals surface area contributed by atoms with Crippen LogP contribution in [0.1, 0.15) is 15.5 Å². The highest BCUT2D eigenvalue weighted by atomic mass is 32.1. The molecule has 0 bridgehead atoms. The van der Waals surface area contributed by atoms with Crippen LogP contribution in [0.4, 0.5) is 11.4 Å². The van der Waals surface area contributed by atoms with Gasteiger partial charge in [-0.05, 0) is 25.1 Å². The first-order chi connectivity index (χ1) is 8.60. The van der Waals surface area contributed by atoms with Gasteiger partial charge in [-0.3, -0.25) is 4.79 Å². The van der Waals surface area contributed by atoms with E-state index < -0.39 is 0 Å². The Labute approximate surface area is 109 Å². The molecule has 2 rings (SSSR count). The number of nitrogens with zero attached hydrogens (tertiary/aromatic N) is 1. The molecule has 0 atom stereocenters. The molecule has 1 aromatic carbocycles. The summed E-state index contributed by atoms with van der Waals surface area (Å²) in [7, 11) is 1.54. The summed E-state index contributed by atoms with van der Waals surface area (Å²) < 4.78 is 5.04. The Morgan fingerprint density at radius 2 is 2.28 bits per heavy atom. The van der Waals surface area contributed by atoms with Gasteiger partial charge < -0.3 is 15.8 Å². The van der Waals surface area contributed by atoms with Gasteiger partial charge in [-0.25, -0.2) is 4.98 Å². The third kappa shape index (κ3) is 2.60. The highest BCUT2D eigenvalue weighted by Crippen LogP contribution is 2.24. The molecule has 0 spiro atoms. The SMILES string of the molecule is COc1ccc(NC(=O)c2csc(C)n2)cc1N. The number of carbonyl (C=O) groups is 1. The van der Waals surface area contributed by atoms with Crippen LogP contribution in [0.2, 0.25) is 0 Å². The summed E-state index contributed by atoms with van der Waals surface area (Å²) in [5, 5.41) is 5.31. The molecular formula is C12H13N3O2S. The van der Waals surface area contributed by atoms with Crippen molar-refractivity contribution in [2.75, 3.05) is 18.2 Å². The Morgan fingerprint density at radius 1 is 1.50 bits per heavy atom. The first kappa shape index (κ1) is 12.4.